The van der Waals surface area contributed by atoms with Gasteiger partial charge >= 0.3 is 5.97 Å². The van der Waals surface area contributed by atoms with E-state index in [9.17, 15) is 9.59 Å². The van der Waals surface area contributed by atoms with Crippen molar-refractivity contribution >= 4 is 11.9 Å². The van der Waals surface area contributed by atoms with Crippen LogP contribution in [0.2, 0.25) is 0 Å². The molecule has 2 aliphatic heterocycles. The molecule has 1 amide bonds. The van der Waals surface area contributed by atoms with Crippen LogP contribution in [-0.4, -0.2) is 67.9 Å². The second-order valence-electron chi connectivity index (χ2n) is 10.1. The summed E-state index contributed by atoms with van der Waals surface area (Å²) in [4.78, 5) is 27.1. The number of carbonyl (C=O) groups is 2. The molecule has 4 fully saturated rings. The van der Waals surface area contributed by atoms with E-state index < -0.39 is 6.10 Å². The van der Waals surface area contributed by atoms with E-state index in [0.29, 0.717) is 30.7 Å². The molecule has 0 bridgehead atoms. The minimum Gasteiger partial charge on any atom is -0.462 e. The van der Waals surface area contributed by atoms with Gasteiger partial charge in [-0.2, -0.15) is 0 Å². The van der Waals surface area contributed by atoms with E-state index in [0.717, 1.165) is 52.0 Å². The number of fused-ring (bicyclic) bond motifs is 1. The van der Waals surface area contributed by atoms with Crippen LogP contribution in [0.5, 0.6) is 0 Å². The second-order valence-corrected chi connectivity index (χ2v) is 10.1. The summed E-state index contributed by atoms with van der Waals surface area (Å²) in [6.45, 7) is 6.61. The van der Waals surface area contributed by atoms with Crippen molar-refractivity contribution in [2.45, 2.75) is 89.4 Å². The Morgan fingerprint density at radius 2 is 2.06 bits per heavy atom. The third-order valence-electron chi connectivity index (χ3n) is 7.94. The summed E-state index contributed by atoms with van der Waals surface area (Å²) in [6, 6.07) is 0. The molecule has 7 nitrogen and oxygen atoms in total. The summed E-state index contributed by atoms with van der Waals surface area (Å²) in [5.74, 6) is 1.58. The Kier molecular flexibility index (Phi) is 8.24. The summed E-state index contributed by atoms with van der Waals surface area (Å²) in [6.07, 6.45) is 10.3. The molecule has 5 atom stereocenters. The van der Waals surface area contributed by atoms with Gasteiger partial charge in [-0.05, 0) is 43.9 Å². The van der Waals surface area contributed by atoms with Crippen LogP contribution < -0.4 is 10.6 Å². The zero-order valence-electron chi connectivity index (χ0n) is 19.2. The lowest BCUT2D eigenvalue weighted by molar-refractivity contribution is -0.178. The molecule has 2 saturated carbocycles. The van der Waals surface area contributed by atoms with E-state index in [2.05, 4.69) is 15.5 Å². The molecule has 0 spiro atoms. The Bertz CT molecular complexity index is 604. The fraction of sp³-hybridized carbons (Fsp3) is 0.917. The first kappa shape index (κ1) is 23.0. The van der Waals surface area contributed by atoms with Crippen LogP contribution in [-0.2, 0) is 19.1 Å². The van der Waals surface area contributed by atoms with Gasteiger partial charge in [-0.25, -0.2) is 0 Å². The molecule has 2 saturated heterocycles. The van der Waals surface area contributed by atoms with Crippen LogP contribution in [0.15, 0.2) is 0 Å². The van der Waals surface area contributed by atoms with E-state index in [-0.39, 0.29) is 24.1 Å². The topological polar surface area (TPSA) is 79.9 Å². The molecule has 7 heteroatoms. The van der Waals surface area contributed by atoms with Crippen molar-refractivity contribution in [3.63, 3.8) is 0 Å². The number of nitrogens with zero attached hydrogens (tertiary/aromatic N) is 1. The van der Waals surface area contributed by atoms with Gasteiger partial charge in [-0.3, -0.25) is 14.5 Å². The highest BCUT2D eigenvalue weighted by Gasteiger charge is 2.45. The number of esters is 1. The summed E-state index contributed by atoms with van der Waals surface area (Å²) < 4.78 is 11.9. The number of ether oxygens (including phenoxy) is 2. The first-order valence-electron chi connectivity index (χ1n) is 12.7. The number of nitrogens with one attached hydrogen (secondary N) is 2. The van der Waals surface area contributed by atoms with E-state index in [1.165, 1.54) is 32.1 Å². The van der Waals surface area contributed by atoms with Crippen LogP contribution in [0, 0.1) is 17.8 Å². The van der Waals surface area contributed by atoms with E-state index in [1.54, 1.807) is 0 Å². The van der Waals surface area contributed by atoms with Crippen molar-refractivity contribution in [1.82, 2.24) is 15.5 Å². The highest BCUT2D eigenvalue weighted by Crippen LogP contribution is 2.45. The molecular weight excluding hydrogens is 394 g/mol. The van der Waals surface area contributed by atoms with Gasteiger partial charge in [0.2, 0.25) is 5.91 Å². The highest BCUT2D eigenvalue weighted by atomic mass is 16.5. The number of carbonyl (C=O) groups excluding carboxylic acids is 2. The molecule has 4 unspecified atom stereocenters. The molecule has 31 heavy (non-hydrogen) atoms. The first-order valence-corrected chi connectivity index (χ1v) is 12.7. The number of rotatable bonds is 8. The zero-order valence-corrected chi connectivity index (χ0v) is 19.2. The van der Waals surface area contributed by atoms with Crippen molar-refractivity contribution in [2.75, 3.05) is 32.8 Å². The minimum absolute atomic E-state index is 0.00409. The summed E-state index contributed by atoms with van der Waals surface area (Å²) in [5.41, 5.74) is 0. The van der Waals surface area contributed by atoms with Crippen molar-refractivity contribution in [3.05, 3.63) is 0 Å². The summed E-state index contributed by atoms with van der Waals surface area (Å²) in [5, 5.41) is 6.33. The molecule has 176 valence electrons. The predicted octanol–water partition coefficient (Wildman–Crippen LogP) is 2.44. The van der Waals surface area contributed by atoms with E-state index in [1.807, 2.05) is 6.92 Å². The first-order chi connectivity index (χ1) is 15.1. The number of amides is 1. The van der Waals surface area contributed by atoms with Crippen molar-refractivity contribution in [1.29, 1.82) is 0 Å². The van der Waals surface area contributed by atoms with Crippen molar-refractivity contribution in [3.8, 4) is 0 Å². The molecule has 0 aromatic carbocycles. The van der Waals surface area contributed by atoms with Gasteiger partial charge < -0.3 is 20.1 Å². The fourth-order valence-electron chi connectivity index (χ4n) is 6.26. The lowest BCUT2D eigenvalue weighted by Crippen LogP contribution is -2.48. The van der Waals surface area contributed by atoms with Crippen LogP contribution in [0.4, 0.5) is 0 Å². The average Bonchev–Trinajstić information content (AvgIpc) is 3.30. The lowest BCUT2D eigenvalue weighted by atomic mass is 9.66. The Morgan fingerprint density at radius 3 is 2.84 bits per heavy atom. The van der Waals surface area contributed by atoms with Crippen LogP contribution in [0.25, 0.3) is 0 Å². The Labute approximate surface area is 187 Å². The summed E-state index contributed by atoms with van der Waals surface area (Å²) in [7, 11) is 0. The van der Waals surface area contributed by atoms with Crippen LogP contribution in [0.3, 0.4) is 0 Å². The maximum atomic E-state index is 12.5. The smallest absolute Gasteiger partial charge is 0.306 e. The third-order valence-corrected chi connectivity index (χ3v) is 7.94. The maximum Gasteiger partial charge on any atom is 0.306 e. The van der Waals surface area contributed by atoms with E-state index in [4.69, 9.17) is 9.47 Å². The predicted molar refractivity (Wildman–Crippen MR) is 118 cm³/mol. The minimum atomic E-state index is -0.469. The Hall–Kier alpha value is -1.18. The van der Waals surface area contributed by atoms with Gasteiger partial charge in [0.25, 0.3) is 0 Å². The normalized spacial score (nSPS) is 33.5. The largest absolute Gasteiger partial charge is 0.462 e. The molecule has 0 aromatic heterocycles. The van der Waals surface area contributed by atoms with Gasteiger partial charge in [-0.15, -0.1) is 0 Å². The lowest BCUT2D eigenvalue weighted by Gasteiger charge is -2.46. The average molecular weight is 436 g/mol. The van der Waals surface area contributed by atoms with E-state index >= 15 is 0 Å². The molecular formula is C24H41N3O4. The fourth-order valence-corrected chi connectivity index (χ4v) is 6.26. The molecule has 0 radical (unpaired) electrons. The van der Waals surface area contributed by atoms with Crippen LogP contribution in [0.1, 0.15) is 71.1 Å². The quantitative estimate of drug-likeness (QED) is 0.450. The molecule has 2 heterocycles. The SMILES string of the molecule is C[C@H](OC1CCC2C(C1)OC(=O)CC2C1CCCCC1)C(=O)NCCCN1CCNC1. The van der Waals surface area contributed by atoms with Crippen molar-refractivity contribution in [2.24, 2.45) is 17.8 Å². The monoisotopic (exact) mass is 435 g/mol. The second kappa shape index (κ2) is 11.1. The van der Waals surface area contributed by atoms with Gasteiger partial charge in [0.15, 0.2) is 0 Å². The molecule has 4 rings (SSSR count). The molecule has 4 aliphatic rings. The van der Waals surface area contributed by atoms with Crippen molar-refractivity contribution < 1.29 is 19.1 Å². The molecule has 0 aromatic rings. The molecule has 2 N–H and O–H groups in total. The van der Waals surface area contributed by atoms with Crippen LogP contribution >= 0.6 is 0 Å². The highest BCUT2D eigenvalue weighted by molar-refractivity contribution is 5.80. The standard InChI is InChI=1S/C24H41N3O4/c1-17(24(29)26-10-5-12-27-13-11-25-16-27)30-19-8-9-20-21(18-6-3-2-4-7-18)15-23(28)31-22(20)14-19/h17-22,25H,2-16H2,1H3,(H,26,29)/t17-,19?,20?,21?,22?/m0/s1. The zero-order chi connectivity index (χ0) is 21.6. The van der Waals surface area contributed by atoms with Gasteiger partial charge in [0, 0.05) is 45.7 Å². The third kappa shape index (κ3) is 6.20. The maximum absolute atomic E-state index is 12.5. The summed E-state index contributed by atoms with van der Waals surface area (Å²) >= 11 is 0. The Morgan fingerprint density at radius 1 is 1.23 bits per heavy atom. The van der Waals surface area contributed by atoms with Gasteiger partial charge in [0.1, 0.15) is 12.2 Å². The van der Waals surface area contributed by atoms with Gasteiger partial charge in [0.05, 0.1) is 6.10 Å². The number of hydrogen-bond donors (Lipinski definition) is 2. The Balaban J connectivity index is 1.20. The number of hydrogen-bond acceptors (Lipinski definition) is 6. The van der Waals surface area contributed by atoms with Gasteiger partial charge in [-0.1, -0.05) is 32.1 Å². The molecule has 2 aliphatic carbocycles.